The minimum absolute atomic E-state index is 0.0168. The molecule has 2 rings (SSSR count). The van der Waals surface area contributed by atoms with Gasteiger partial charge in [-0.05, 0) is 25.0 Å². The number of aromatic nitrogens is 1. The van der Waals surface area contributed by atoms with Gasteiger partial charge in [-0.1, -0.05) is 13.8 Å². The van der Waals surface area contributed by atoms with E-state index in [1.165, 1.54) is 0 Å². The third-order valence-corrected chi connectivity index (χ3v) is 2.53. The fourth-order valence-electron chi connectivity index (χ4n) is 1.66. The molecule has 1 aromatic rings. The number of aryl methyl sites for hydroxylation is 1. The van der Waals surface area contributed by atoms with E-state index >= 15 is 0 Å². The Balaban J connectivity index is 2.34. The van der Waals surface area contributed by atoms with Crippen LogP contribution in [0.1, 0.15) is 19.5 Å². The number of nitrogens with zero attached hydrogens (tertiary/aromatic N) is 1. The third-order valence-electron chi connectivity index (χ3n) is 2.53. The number of carbonyl (C=O) groups excluding carboxylic acids is 1. The van der Waals surface area contributed by atoms with Crippen molar-refractivity contribution in [3.63, 3.8) is 0 Å². The van der Waals surface area contributed by atoms with Crippen LogP contribution in [-0.2, 0) is 4.79 Å². The lowest BCUT2D eigenvalue weighted by Crippen LogP contribution is -2.42. The van der Waals surface area contributed by atoms with Gasteiger partial charge in [-0.25, -0.2) is 4.98 Å². The van der Waals surface area contributed by atoms with Gasteiger partial charge in [-0.15, -0.1) is 0 Å². The number of carbonyl (C=O) groups is 1. The number of amides is 1. The average Bonchev–Trinajstić information content (AvgIpc) is 2.17. The molecule has 0 aliphatic carbocycles. The lowest BCUT2D eigenvalue weighted by atomic mass is 10.0. The molecule has 0 saturated heterocycles. The predicted molar refractivity (Wildman–Crippen MR) is 59.9 cm³/mol. The van der Waals surface area contributed by atoms with Crippen LogP contribution in [-0.4, -0.2) is 16.9 Å². The van der Waals surface area contributed by atoms with Crippen LogP contribution >= 0.6 is 0 Å². The van der Waals surface area contributed by atoms with Crippen molar-refractivity contribution in [3.05, 3.63) is 17.8 Å². The van der Waals surface area contributed by atoms with Crippen LogP contribution in [0.3, 0.4) is 0 Å². The van der Waals surface area contributed by atoms with E-state index in [1.54, 1.807) is 0 Å². The molecule has 0 radical (unpaired) electrons. The summed E-state index contributed by atoms with van der Waals surface area (Å²) in [4.78, 5) is 16.0. The second kappa shape index (κ2) is 3.53. The Hall–Kier alpha value is -1.58. The molecule has 0 fully saturated rings. The smallest absolute Gasteiger partial charge is 0.247 e. The Morgan fingerprint density at radius 1 is 1.40 bits per heavy atom. The maximum Gasteiger partial charge on any atom is 0.247 e. The molecule has 0 spiro atoms. The molecular formula is C11H15N3O. The van der Waals surface area contributed by atoms with Crippen molar-refractivity contribution < 1.29 is 4.79 Å². The fourth-order valence-corrected chi connectivity index (χ4v) is 1.66. The Morgan fingerprint density at radius 3 is 2.80 bits per heavy atom. The number of pyridine rings is 1. The van der Waals surface area contributed by atoms with Crippen molar-refractivity contribution in [1.82, 2.24) is 4.98 Å². The molecule has 4 nitrogen and oxygen atoms in total. The van der Waals surface area contributed by atoms with Gasteiger partial charge in [0, 0.05) is 5.69 Å². The van der Waals surface area contributed by atoms with Crippen LogP contribution in [0.25, 0.3) is 0 Å². The minimum Gasteiger partial charge on any atom is -0.356 e. The lowest BCUT2D eigenvalue weighted by Gasteiger charge is -2.28. The van der Waals surface area contributed by atoms with Crippen LogP contribution in [0.2, 0.25) is 0 Å². The normalized spacial score (nSPS) is 19.5. The summed E-state index contributed by atoms with van der Waals surface area (Å²) >= 11 is 0. The minimum atomic E-state index is -0.188. The average molecular weight is 205 g/mol. The molecule has 1 atom stereocenters. The highest BCUT2D eigenvalue weighted by Crippen LogP contribution is 2.26. The number of nitrogens with one attached hydrogen (secondary N) is 2. The van der Waals surface area contributed by atoms with Gasteiger partial charge in [-0.3, -0.25) is 4.79 Å². The van der Waals surface area contributed by atoms with Crippen LogP contribution in [0.4, 0.5) is 11.5 Å². The third kappa shape index (κ3) is 1.79. The van der Waals surface area contributed by atoms with E-state index in [0.717, 1.165) is 17.2 Å². The second-order valence-electron chi connectivity index (χ2n) is 4.20. The molecule has 1 unspecified atom stereocenters. The summed E-state index contributed by atoms with van der Waals surface area (Å²) in [6.45, 7) is 5.96. The highest BCUT2D eigenvalue weighted by atomic mass is 16.2. The lowest BCUT2D eigenvalue weighted by molar-refractivity contribution is -0.117. The molecule has 4 heteroatoms. The largest absolute Gasteiger partial charge is 0.356 e. The van der Waals surface area contributed by atoms with Gasteiger partial charge >= 0.3 is 0 Å². The number of hydrogen-bond donors (Lipinski definition) is 2. The van der Waals surface area contributed by atoms with Gasteiger partial charge in [0.15, 0.2) is 5.82 Å². The van der Waals surface area contributed by atoms with E-state index in [1.807, 2.05) is 32.9 Å². The summed E-state index contributed by atoms with van der Waals surface area (Å²) in [7, 11) is 0. The maximum atomic E-state index is 11.7. The second-order valence-corrected chi connectivity index (χ2v) is 4.20. The van der Waals surface area contributed by atoms with E-state index in [0.29, 0.717) is 0 Å². The molecule has 2 N–H and O–H groups in total. The van der Waals surface area contributed by atoms with E-state index in [4.69, 9.17) is 0 Å². The molecule has 1 amide bonds. The first-order valence-corrected chi connectivity index (χ1v) is 5.13. The number of anilines is 2. The monoisotopic (exact) mass is 205 g/mol. The molecule has 80 valence electrons. The highest BCUT2D eigenvalue weighted by Gasteiger charge is 2.28. The number of fused-ring (bicyclic) bond motifs is 1. The molecule has 0 aromatic carbocycles. The van der Waals surface area contributed by atoms with E-state index in [2.05, 4.69) is 15.6 Å². The summed E-state index contributed by atoms with van der Waals surface area (Å²) in [5.41, 5.74) is 1.71. The van der Waals surface area contributed by atoms with Gasteiger partial charge in [0.1, 0.15) is 6.04 Å². The Kier molecular flexibility index (Phi) is 2.34. The summed E-state index contributed by atoms with van der Waals surface area (Å²) < 4.78 is 0. The first-order valence-electron chi connectivity index (χ1n) is 5.13. The summed E-state index contributed by atoms with van der Waals surface area (Å²) in [5, 5.41) is 6.02. The molecule has 15 heavy (non-hydrogen) atoms. The van der Waals surface area contributed by atoms with Crippen LogP contribution in [0.15, 0.2) is 12.1 Å². The summed E-state index contributed by atoms with van der Waals surface area (Å²) in [6, 6.07) is 3.57. The highest BCUT2D eigenvalue weighted by molar-refractivity contribution is 6.02. The van der Waals surface area contributed by atoms with Gasteiger partial charge in [0.05, 0.1) is 5.69 Å². The van der Waals surface area contributed by atoms with E-state index in [9.17, 15) is 4.79 Å². The van der Waals surface area contributed by atoms with Gasteiger partial charge < -0.3 is 10.6 Å². The Morgan fingerprint density at radius 2 is 2.13 bits per heavy atom. The topological polar surface area (TPSA) is 54.0 Å². The zero-order valence-corrected chi connectivity index (χ0v) is 9.16. The Labute approximate surface area is 89.1 Å². The van der Waals surface area contributed by atoms with E-state index < -0.39 is 0 Å². The van der Waals surface area contributed by atoms with Crippen molar-refractivity contribution >= 4 is 17.4 Å². The predicted octanol–water partition coefficient (Wildman–Crippen LogP) is 1.78. The maximum absolute atomic E-state index is 11.7. The van der Waals surface area contributed by atoms with E-state index in [-0.39, 0.29) is 17.9 Å². The van der Waals surface area contributed by atoms with Crippen LogP contribution < -0.4 is 10.6 Å². The first-order chi connectivity index (χ1) is 7.08. The van der Waals surface area contributed by atoms with Crippen LogP contribution in [0.5, 0.6) is 0 Å². The van der Waals surface area contributed by atoms with Crippen molar-refractivity contribution in [2.75, 3.05) is 10.6 Å². The van der Waals surface area contributed by atoms with Gasteiger partial charge in [0.2, 0.25) is 5.91 Å². The number of hydrogen-bond acceptors (Lipinski definition) is 3. The Bertz CT molecular complexity index is 401. The van der Waals surface area contributed by atoms with Crippen molar-refractivity contribution in [3.8, 4) is 0 Å². The van der Waals surface area contributed by atoms with Gasteiger partial charge in [0.25, 0.3) is 0 Å². The molecule has 0 saturated carbocycles. The SMILES string of the molecule is Cc1ccc2c(n1)NC(C(C)C)C(=O)N2. The molecule has 2 heterocycles. The van der Waals surface area contributed by atoms with Gasteiger partial charge in [-0.2, -0.15) is 0 Å². The molecule has 1 aromatic heterocycles. The number of rotatable bonds is 1. The quantitative estimate of drug-likeness (QED) is 0.734. The van der Waals surface area contributed by atoms with Crippen LogP contribution in [0, 0.1) is 12.8 Å². The molecular weight excluding hydrogens is 190 g/mol. The zero-order valence-electron chi connectivity index (χ0n) is 9.16. The summed E-state index contributed by atoms with van der Waals surface area (Å²) in [6.07, 6.45) is 0. The zero-order chi connectivity index (χ0) is 11.0. The molecule has 1 aliphatic rings. The van der Waals surface area contributed by atoms with Crippen molar-refractivity contribution in [2.45, 2.75) is 26.8 Å². The molecule has 1 aliphatic heterocycles. The first kappa shape index (κ1) is 9.96. The molecule has 0 bridgehead atoms. The van der Waals surface area contributed by atoms with Crippen molar-refractivity contribution in [1.29, 1.82) is 0 Å². The fraction of sp³-hybridized carbons (Fsp3) is 0.455. The standard InChI is InChI=1S/C11H15N3O/c1-6(2)9-11(15)13-8-5-4-7(3)12-10(8)14-9/h4-6,9H,1-3H3,(H,12,14)(H,13,15). The summed E-state index contributed by atoms with van der Waals surface area (Å²) in [5.74, 6) is 1.04. The van der Waals surface area contributed by atoms with Crippen molar-refractivity contribution in [2.24, 2.45) is 5.92 Å².